The quantitative estimate of drug-likeness (QED) is 0.0284. The Kier molecular flexibility index (Phi) is 26.2. The van der Waals surface area contributed by atoms with Gasteiger partial charge in [-0.05, 0) is 135 Å². The smallest absolute Gasteiger partial charge is 0.248 e. The molecular formula is C86H81ClN30O8S5. The molecule has 130 heavy (non-hydrogen) atoms. The van der Waals surface area contributed by atoms with Gasteiger partial charge in [-0.25, -0.2) is 24.9 Å². The van der Waals surface area contributed by atoms with E-state index in [0.29, 0.717) is 130 Å². The Morgan fingerprint density at radius 3 is 1.02 bits per heavy atom. The summed E-state index contributed by atoms with van der Waals surface area (Å²) in [6, 6.07) is 63.7. The lowest BCUT2D eigenvalue weighted by molar-refractivity contribution is 0.324. The predicted molar refractivity (Wildman–Crippen MR) is 515 cm³/mol. The Bertz CT molecular complexity index is 7280. The molecule has 44 heteroatoms. The SMILES string of the molecule is COc1cc(Nc2nc(N)n(-c3nc4c(OC)cccc4s3)n2)cc(OC)c1OC.COc1cc(Nc2nc(N)nn2-c2nc3c(OC)cccc3s2)cc(OC)c1OC.Cc1ccc(Nc2nc(N)n(-c3nc4ccccc4s3)n2)cc1.Cc1ccc(Nc2nc(N)n(-c3nc4ccccc4s3)n2)cc1C.Nc1nc(Nc2cccc(Cl)c2)nn1-c1nc2ccccc2s1. The van der Waals surface area contributed by atoms with Crippen molar-refractivity contribution in [1.29, 1.82) is 0 Å². The molecule has 38 nitrogen and oxygen atoms in total. The number of ether oxygens (including phenoxy) is 8. The number of nitrogens with zero attached hydrogens (tertiary/aromatic N) is 20. The lowest BCUT2D eigenvalue weighted by Crippen LogP contribution is -2.04. The van der Waals surface area contributed by atoms with Gasteiger partial charge in [0.2, 0.25) is 96.6 Å². The highest BCUT2D eigenvalue weighted by Gasteiger charge is 2.24. The third kappa shape index (κ3) is 19.5. The summed E-state index contributed by atoms with van der Waals surface area (Å²) < 4.78 is 55.9. The summed E-state index contributed by atoms with van der Waals surface area (Å²) in [5.41, 5.74) is 41.8. The fraction of sp³-hybridized carbons (Fsp3) is 0.128. The van der Waals surface area contributed by atoms with Crippen molar-refractivity contribution in [2.45, 2.75) is 20.8 Å². The number of hydrogen-bond acceptors (Lipinski definition) is 38. The number of methoxy groups -OCH3 is 8. The van der Waals surface area contributed by atoms with Crippen LogP contribution < -0.4 is 93.1 Å². The molecule has 0 saturated carbocycles. The molecule has 0 fully saturated rings. The van der Waals surface area contributed by atoms with Crippen LogP contribution in [0.3, 0.4) is 0 Å². The number of anilines is 15. The number of nitrogens with two attached hydrogens (primary N) is 5. The number of thiazole rings is 5. The van der Waals surface area contributed by atoms with Crippen molar-refractivity contribution in [2.75, 3.05) is 112 Å². The molecule has 20 rings (SSSR count). The highest BCUT2D eigenvalue weighted by molar-refractivity contribution is 7.22. The number of aryl methyl sites for hydroxylation is 3. The normalized spacial score (nSPS) is 10.9. The van der Waals surface area contributed by atoms with E-state index < -0.39 is 0 Å². The summed E-state index contributed by atoms with van der Waals surface area (Å²) in [6.07, 6.45) is 0. The van der Waals surface area contributed by atoms with E-state index in [-0.39, 0.29) is 17.8 Å². The van der Waals surface area contributed by atoms with Gasteiger partial charge in [-0.2, -0.15) is 48.3 Å². The van der Waals surface area contributed by atoms with E-state index in [0.717, 1.165) is 68.1 Å². The van der Waals surface area contributed by atoms with E-state index >= 15 is 0 Å². The van der Waals surface area contributed by atoms with Crippen molar-refractivity contribution in [3.05, 3.63) is 222 Å². The molecule has 0 atom stereocenters. The number of halogens is 1. The molecule has 660 valence electrons. The van der Waals surface area contributed by atoms with Crippen LogP contribution in [-0.2, 0) is 0 Å². The largest absolute Gasteiger partial charge is 0.494 e. The molecular weight excluding hydrogens is 1780 g/mol. The number of hydrogen-bond donors (Lipinski definition) is 10. The number of aromatic nitrogens is 20. The zero-order valence-corrected chi connectivity index (χ0v) is 75.9. The zero-order chi connectivity index (χ0) is 90.8. The first kappa shape index (κ1) is 87.5. The summed E-state index contributed by atoms with van der Waals surface area (Å²) in [5, 5.41) is 41.6. The number of nitrogen functional groups attached to an aromatic ring is 5. The number of nitrogens with one attached hydrogen (secondary N) is 5. The lowest BCUT2D eigenvalue weighted by Gasteiger charge is -2.14. The molecule has 10 aromatic heterocycles. The first-order chi connectivity index (χ1) is 63.1. The van der Waals surface area contributed by atoms with Crippen LogP contribution in [-0.4, -0.2) is 156 Å². The van der Waals surface area contributed by atoms with E-state index in [1.165, 1.54) is 82.7 Å². The molecule has 0 unspecified atom stereocenters. The van der Waals surface area contributed by atoms with Gasteiger partial charge in [-0.1, -0.05) is 147 Å². The Hall–Kier alpha value is -16.0. The summed E-state index contributed by atoms with van der Waals surface area (Å²) in [4.78, 5) is 44.2. The minimum atomic E-state index is 0.108. The van der Waals surface area contributed by atoms with Crippen molar-refractivity contribution in [2.24, 2.45) is 0 Å². The molecule has 15 N–H and O–H groups in total. The summed E-state index contributed by atoms with van der Waals surface area (Å²) >= 11 is 13.4. The van der Waals surface area contributed by atoms with E-state index in [4.69, 9.17) is 78.2 Å². The molecule has 20 aromatic rings. The predicted octanol–water partition coefficient (Wildman–Crippen LogP) is 17.7. The van der Waals surface area contributed by atoms with Gasteiger partial charge < -0.3 is 93.1 Å². The molecule has 10 heterocycles. The molecule has 0 radical (unpaired) electrons. The molecule has 0 saturated heterocycles. The van der Waals surface area contributed by atoms with Gasteiger partial charge in [0.25, 0.3) is 0 Å². The summed E-state index contributed by atoms with van der Waals surface area (Å²) in [6.45, 7) is 6.20. The van der Waals surface area contributed by atoms with Gasteiger partial charge in [0.15, 0.2) is 23.0 Å². The second-order valence-electron chi connectivity index (χ2n) is 27.7. The highest BCUT2D eigenvalue weighted by Crippen LogP contribution is 2.44. The maximum atomic E-state index is 6.09. The van der Waals surface area contributed by atoms with Crippen LogP contribution in [0.25, 0.3) is 76.7 Å². The van der Waals surface area contributed by atoms with Crippen LogP contribution in [0, 0.1) is 20.8 Å². The Labute approximate surface area is 765 Å². The molecule has 0 aliphatic carbocycles. The average Bonchev–Trinajstić information content (AvgIpc) is 1.63. The topological polar surface area (TPSA) is 482 Å². The number of fused-ring (bicyclic) bond motifs is 5. The van der Waals surface area contributed by atoms with Gasteiger partial charge in [-0.15, -0.1) is 25.5 Å². The van der Waals surface area contributed by atoms with E-state index in [1.54, 1.807) is 107 Å². The van der Waals surface area contributed by atoms with Gasteiger partial charge in [0.1, 0.15) is 22.5 Å². The molecule has 10 aromatic carbocycles. The maximum absolute atomic E-state index is 6.09. The van der Waals surface area contributed by atoms with E-state index in [2.05, 4.69) is 128 Å². The van der Waals surface area contributed by atoms with Crippen molar-refractivity contribution in [3.8, 4) is 71.7 Å². The van der Waals surface area contributed by atoms with Gasteiger partial charge in [0, 0.05) is 57.7 Å². The average molecular weight is 1860 g/mol. The minimum absolute atomic E-state index is 0.108. The number of para-hydroxylation sites is 5. The fourth-order valence-electron chi connectivity index (χ4n) is 12.8. The number of benzene rings is 10. The first-order valence-electron chi connectivity index (χ1n) is 39.1. The zero-order valence-electron chi connectivity index (χ0n) is 71.1. The second-order valence-corrected chi connectivity index (χ2v) is 33.1. The third-order valence-electron chi connectivity index (χ3n) is 19.1. The molecule has 0 spiro atoms. The minimum Gasteiger partial charge on any atom is -0.494 e. The summed E-state index contributed by atoms with van der Waals surface area (Å²) in [7, 11) is 12.5. The first-order valence-corrected chi connectivity index (χ1v) is 43.5. The maximum Gasteiger partial charge on any atom is 0.248 e. The highest BCUT2D eigenvalue weighted by atomic mass is 35.5. The van der Waals surface area contributed by atoms with Gasteiger partial charge >= 0.3 is 0 Å². The monoisotopic (exact) mass is 1860 g/mol. The van der Waals surface area contributed by atoms with Crippen LogP contribution >= 0.6 is 68.3 Å². The van der Waals surface area contributed by atoms with Crippen LogP contribution in [0.4, 0.5) is 87.9 Å². The Balaban J connectivity index is 0.000000119. The van der Waals surface area contributed by atoms with Crippen LogP contribution in [0.1, 0.15) is 16.7 Å². The van der Waals surface area contributed by atoms with Crippen molar-refractivity contribution >= 4 is 207 Å². The lowest BCUT2D eigenvalue weighted by atomic mass is 10.1. The second kappa shape index (κ2) is 38.9. The number of rotatable bonds is 23. The molecule has 0 amide bonds. The fourth-order valence-corrected chi connectivity index (χ4v) is 17.6. The van der Waals surface area contributed by atoms with Crippen LogP contribution in [0.5, 0.6) is 46.0 Å². The van der Waals surface area contributed by atoms with Crippen molar-refractivity contribution in [3.63, 3.8) is 0 Å². The molecule has 0 aliphatic heterocycles. The van der Waals surface area contributed by atoms with Crippen molar-refractivity contribution in [1.82, 2.24) is 98.7 Å². The van der Waals surface area contributed by atoms with E-state index in [9.17, 15) is 0 Å². The standard InChI is InChI=1S/2C19H20N6O4S.C17H16N6S.C16H14N6S.C15H11ClN6S/c1-26-11-6-5-7-14-15(11)22-19(30-14)25-17(20)23-18(24-25)21-10-8-12(27-2)16(29-4)13(9-10)28-3;1-26-11-6-5-7-14-15(11)22-19(30-14)25-18(23-17(20)24-25)21-10-8-12(27-2)16(29-4)13(9-10)28-3;1-10-7-8-12(9-11(10)2)19-16-21-15(18)23(22-16)17-20-13-5-3-4-6-14(13)24-17;1-10-6-8-11(9-7-10)18-15-20-14(17)22(21-15)16-19-12-4-2-3-5-13(12)23-16;16-9-4-3-5-10(8-9)18-14-20-13(17)22(21-14)15-19-11-6-1-2-7-12(11)23-15/h2*5-9H,1-4H3,(H3,20,21,23,24);3-9H,1-2H3,(H3,18,19,21,22);2-9H,1H3,(H3,17,18,20,21);1-8H,(H3,17,18,20,21). The Morgan fingerprint density at radius 1 is 0.285 bits per heavy atom. The summed E-state index contributed by atoms with van der Waals surface area (Å²) in [5.74, 6) is 7.54. The van der Waals surface area contributed by atoms with E-state index in [1.807, 2.05) is 159 Å². The van der Waals surface area contributed by atoms with Gasteiger partial charge in [-0.3, -0.25) is 0 Å². The molecule has 0 bridgehead atoms. The third-order valence-corrected chi connectivity index (χ3v) is 24.3. The van der Waals surface area contributed by atoms with Crippen LogP contribution in [0.15, 0.2) is 200 Å². The van der Waals surface area contributed by atoms with Gasteiger partial charge in [0.05, 0.1) is 96.9 Å². The molecule has 0 aliphatic rings. The van der Waals surface area contributed by atoms with Crippen LogP contribution in [0.2, 0.25) is 5.02 Å². The Morgan fingerprint density at radius 2 is 0.631 bits per heavy atom. The van der Waals surface area contributed by atoms with Crippen molar-refractivity contribution < 1.29 is 37.9 Å².